The molecule has 0 aliphatic carbocycles. The Morgan fingerprint density at radius 2 is 2.23 bits per heavy atom. The molecule has 1 fully saturated rings. The second-order valence-corrected chi connectivity index (χ2v) is 6.61. The molecule has 4 N–H and O–H groups in total. The summed E-state index contributed by atoms with van der Waals surface area (Å²) in [6.45, 7) is 3.41. The van der Waals surface area contributed by atoms with Crippen molar-refractivity contribution in [2.24, 2.45) is 5.92 Å². The Bertz CT molecular complexity index is 981. The highest BCUT2D eigenvalue weighted by Gasteiger charge is 2.29. The lowest BCUT2D eigenvalue weighted by molar-refractivity contribution is -0.123. The largest absolute Gasteiger partial charge is 0.382 e. The summed E-state index contributed by atoms with van der Waals surface area (Å²) in [7, 11) is 1.66. The molecule has 2 aromatic heterocycles. The van der Waals surface area contributed by atoms with Gasteiger partial charge < -0.3 is 20.9 Å². The fraction of sp³-hybridized carbons (Fsp3) is 0.333. The number of hydrogen-bond donors (Lipinski definition) is 3. The molecule has 1 aromatic carbocycles. The van der Waals surface area contributed by atoms with Gasteiger partial charge in [0.15, 0.2) is 17.3 Å². The Balaban J connectivity index is 1.67. The summed E-state index contributed by atoms with van der Waals surface area (Å²) in [5.41, 5.74) is 9.53. The van der Waals surface area contributed by atoms with E-state index in [-0.39, 0.29) is 11.8 Å². The number of carbonyl (C=O) groups is 1. The van der Waals surface area contributed by atoms with Crippen molar-refractivity contribution in [3.05, 3.63) is 30.0 Å². The third kappa shape index (κ3) is 2.83. The standard InChI is InChI=1S/C18H21N7O/c1-10-3-4-12-13(7-10)23-17(22-12)15-16(19)21-8-14(24-15)25-6-5-11(9-25)18(26)20-2/h3-4,7-8,11H,5-6,9H2,1-2H3,(H2,19,21)(H,20,26)(H,22,23)/t11-/m1/s1. The van der Waals surface area contributed by atoms with Gasteiger partial charge in [0, 0.05) is 20.1 Å². The van der Waals surface area contributed by atoms with Gasteiger partial charge in [-0.25, -0.2) is 15.0 Å². The van der Waals surface area contributed by atoms with Gasteiger partial charge in [-0.15, -0.1) is 0 Å². The van der Waals surface area contributed by atoms with Crippen LogP contribution in [0.2, 0.25) is 0 Å². The van der Waals surface area contributed by atoms with E-state index in [1.54, 1.807) is 13.2 Å². The average Bonchev–Trinajstić information content (AvgIpc) is 3.28. The molecule has 3 aromatic rings. The highest BCUT2D eigenvalue weighted by atomic mass is 16.1. The van der Waals surface area contributed by atoms with Gasteiger partial charge >= 0.3 is 0 Å². The Hall–Kier alpha value is -3.16. The van der Waals surface area contributed by atoms with Crippen LogP contribution < -0.4 is 16.0 Å². The van der Waals surface area contributed by atoms with Crippen LogP contribution in [0.3, 0.4) is 0 Å². The Morgan fingerprint density at radius 1 is 1.38 bits per heavy atom. The van der Waals surface area contributed by atoms with Crippen LogP contribution in [-0.4, -0.2) is 46.0 Å². The van der Waals surface area contributed by atoms with Gasteiger partial charge in [-0.3, -0.25) is 4.79 Å². The third-order valence-electron chi connectivity index (χ3n) is 4.78. The summed E-state index contributed by atoms with van der Waals surface area (Å²) in [4.78, 5) is 30.7. The fourth-order valence-electron chi connectivity index (χ4n) is 3.34. The maximum atomic E-state index is 11.9. The van der Waals surface area contributed by atoms with Crippen molar-refractivity contribution in [1.82, 2.24) is 25.3 Å². The van der Waals surface area contributed by atoms with Gasteiger partial charge in [0.25, 0.3) is 0 Å². The molecule has 0 bridgehead atoms. The molecular formula is C18H21N7O. The smallest absolute Gasteiger partial charge is 0.224 e. The van der Waals surface area contributed by atoms with Crippen LogP contribution in [0.25, 0.3) is 22.6 Å². The minimum atomic E-state index is -0.0306. The van der Waals surface area contributed by atoms with Crippen molar-refractivity contribution in [1.29, 1.82) is 0 Å². The summed E-state index contributed by atoms with van der Waals surface area (Å²) in [6, 6.07) is 6.02. The highest BCUT2D eigenvalue weighted by Crippen LogP contribution is 2.28. The number of fused-ring (bicyclic) bond motifs is 1. The summed E-state index contributed by atoms with van der Waals surface area (Å²) < 4.78 is 0. The first kappa shape index (κ1) is 16.3. The number of imidazole rings is 1. The molecule has 0 radical (unpaired) electrons. The molecule has 3 heterocycles. The van der Waals surface area contributed by atoms with E-state index >= 15 is 0 Å². The number of rotatable bonds is 3. The molecule has 4 rings (SSSR count). The van der Waals surface area contributed by atoms with Crippen LogP contribution in [-0.2, 0) is 4.79 Å². The normalized spacial score (nSPS) is 17.0. The van der Waals surface area contributed by atoms with E-state index in [0.717, 1.165) is 29.6 Å². The quantitative estimate of drug-likeness (QED) is 0.659. The molecular weight excluding hydrogens is 330 g/mol. The molecule has 8 heteroatoms. The van der Waals surface area contributed by atoms with Crippen LogP contribution in [0.5, 0.6) is 0 Å². The molecule has 0 saturated carbocycles. The lowest BCUT2D eigenvalue weighted by Crippen LogP contribution is -2.30. The zero-order chi connectivity index (χ0) is 18.3. The number of benzene rings is 1. The number of aryl methyl sites for hydroxylation is 1. The van der Waals surface area contributed by atoms with Gasteiger partial charge in [0.1, 0.15) is 5.82 Å². The van der Waals surface area contributed by atoms with Crippen molar-refractivity contribution < 1.29 is 4.79 Å². The molecule has 8 nitrogen and oxygen atoms in total. The number of nitrogens with zero attached hydrogens (tertiary/aromatic N) is 4. The van der Waals surface area contributed by atoms with Crippen molar-refractivity contribution >= 4 is 28.6 Å². The highest BCUT2D eigenvalue weighted by molar-refractivity contribution is 5.82. The number of nitrogens with one attached hydrogen (secondary N) is 2. The summed E-state index contributed by atoms with van der Waals surface area (Å²) in [5, 5.41) is 2.71. The molecule has 26 heavy (non-hydrogen) atoms. The van der Waals surface area contributed by atoms with E-state index in [0.29, 0.717) is 29.7 Å². The number of nitrogen functional groups attached to an aromatic ring is 1. The van der Waals surface area contributed by atoms with Crippen LogP contribution in [0.4, 0.5) is 11.6 Å². The van der Waals surface area contributed by atoms with Crippen LogP contribution in [0.1, 0.15) is 12.0 Å². The molecule has 1 aliphatic rings. The maximum Gasteiger partial charge on any atom is 0.224 e. The first-order valence-corrected chi connectivity index (χ1v) is 8.61. The summed E-state index contributed by atoms with van der Waals surface area (Å²) >= 11 is 0. The zero-order valence-electron chi connectivity index (χ0n) is 14.8. The third-order valence-corrected chi connectivity index (χ3v) is 4.78. The monoisotopic (exact) mass is 351 g/mol. The first-order chi connectivity index (χ1) is 12.5. The van der Waals surface area contributed by atoms with Crippen molar-refractivity contribution in [3.8, 4) is 11.5 Å². The average molecular weight is 351 g/mol. The number of anilines is 2. The maximum absolute atomic E-state index is 11.9. The van der Waals surface area contributed by atoms with E-state index in [1.165, 1.54) is 0 Å². The summed E-state index contributed by atoms with van der Waals surface area (Å²) in [6.07, 6.45) is 2.45. The SMILES string of the molecule is CNC(=O)[C@@H]1CCN(c2cnc(N)c(-c3nc4ccc(C)cc4[nH]3)n2)C1. The second-order valence-electron chi connectivity index (χ2n) is 6.61. The second kappa shape index (κ2) is 6.29. The molecule has 1 aliphatic heterocycles. The molecule has 1 amide bonds. The van der Waals surface area contributed by atoms with E-state index in [9.17, 15) is 4.79 Å². The number of H-pyrrole nitrogens is 1. The number of aromatic nitrogens is 4. The van der Waals surface area contributed by atoms with Crippen molar-refractivity contribution in [2.45, 2.75) is 13.3 Å². The van der Waals surface area contributed by atoms with E-state index in [2.05, 4.69) is 30.2 Å². The van der Waals surface area contributed by atoms with Gasteiger partial charge in [0.2, 0.25) is 5.91 Å². The number of aromatic amines is 1. The van der Waals surface area contributed by atoms with Crippen molar-refractivity contribution in [3.63, 3.8) is 0 Å². The minimum Gasteiger partial charge on any atom is -0.382 e. The lowest BCUT2D eigenvalue weighted by atomic mass is 10.1. The molecule has 0 unspecified atom stereocenters. The topological polar surface area (TPSA) is 113 Å². The predicted octanol–water partition coefficient (Wildman–Crippen LogP) is 1.48. The molecule has 1 saturated heterocycles. The molecule has 134 valence electrons. The minimum absolute atomic E-state index is 0.0306. The Morgan fingerprint density at radius 3 is 3.04 bits per heavy atom. The number of hydrogen-bond acceptors (Lipinski definition) is 6. The fourth-order valence-corrected chi connectivity index (χ4v) is 3.34. The number of amides is 1. The predicted molar refractivity (Wildman–Crippen MR) is 101 cm³/mol. The van der Waals surface area contributed by atoms with E-state index in [1.807, 2.05) is 25.1 Å². The van der Waals surface area contributed by atoms with Gasteiger partial charge in [0.05, 0.1) is 23.1 Å². The van der Waals surface area contributed by atoms with Crippen molar-refractivity contribution in [2.75, 3.05) is 30.8 Å². The number of nitrogens with two attached hydrogens (primary N) is 1. The Labute approximate surface area is 150 Å². The van der Waals surface area contributed by atoms with Gasteiger partial charge in [-0.05, 0) is 31.0 Å². The van der Waals surface area contributed by atoms with E-state index in [4.69, 9.17) is 5.73 Å². The lowest BCUT2D eigenvalue weighted by Gasteiger charge is -2.17. The van der Waals surface area contributed by atoms with Crippen LogP contribution in [0, 0.1) is 12.8 Å². The van der Waals surface area contributed by atoms with Gasteiger partial charge in [-0.2, -0.15) is 0 Å². The first-order valence-electron chi connectivity index (χ1n) is 8.61. The van der Waals surface area contributed by atoms with Crippen LogP contribution in [0.15, 0.2) is 24.4 Å². The Kier molecular flexibility index (Phi) is 3.95. The molecule has 1 atom stereocenters. The number of carbonyl (C=O) groups excluding carboxylic acids is 1. The molecule has 0 spiro atoms. The van der Waals surface area contributed by atoms with E-state index < -0.39 is 0 Å². The van der Waals surface area contributed by atoms with Crippen LogP contribution >= 0.6 is 0 Å². The van der Waals surface area contributed by atoms with Gasteiger partial charge in [-0.1, -0.05) is 6.07 Å². The zero-order valence-corrected chi connectivity index (χ0v) is 14.8. The summed E-state index contributed by atoms with van der Waals surface area (Å²) in [5.74, 6) is 1.66.